The summed E-state index contributed by atoms with van der Waals surface area (Å²) in [6.45, 7) is 1.90. The second-order valence-electron chi connectivity index (χ2n) is 7.19. The summed E-state index contributed by atoms with van der Waals surface area (Å²) < 4.78 is 7.54. The monoisotopic (exact) mass is 387 g/mol. The normalized spacial score (nSPS) is 16.3. The van der Waals surface area contributed by atoms with Gasteiger partial charge in [-0.25, -0.2) is 9.50 Å². The zero-order valence-electron chi connectivity index (χ0n) is 15.8. The van der Waals surface area contributed by atoms with Crippen molar-refractivity contribution in [1.29, 1.82) is 0 Å². The lowest BCUT2D eigenvalue weighted by atomic mass is 10.0. The van der Waals surface area contributed by atoms with Gasteiger partial charge in [0.15, 0.2) is 11.3 Å². The van der Waals surface area contributed by atoms with E-state index in [4.69, 9.17) is 15.5 Å². The van der Waals surface area contributed by atoms with Gasteiger partial charge in [0.25, 0.3) is 5.91 Å². The number of nitrogens with one attached hydrogen (secondary N) is 2. The van der Waals surface area contributed by atoms with E-state index in [1.807, 2.05) is 60.8 Å². The van der Waals surface area contributed by atoms with E-state index in [9.17, 15) is 4.79 Å². The summed E-state index contributed by atoms with van der Waals surface area (Å²) in [4.78, 5) is 17.0. The van der Waals surface area contributed by atoms with Gasteiger partial charge in [0.05, 0.1) is 0 Å². The van der Waals surface area contributed by atoms with Gasteiger partial charge in [-0.2, -0.15) is 0 Å². The van der Waals surface area contributed by atoms with Crippen LogP contribution in [0.2, 0.25) is 0 Å². The predicted octanol–water partition coefficient (Wildman–Crippen LogP) is 3.30. The number of carbonyl (C=O) groups excluding carboxylic acids is 1. The number of amides is 1. The third-order valence-corrected chi connectivity index (χ3v) is 5.32. The number of nitrogens with zero attached hydrogens (tertiary/aromatic N) is 2. The van der Waals surface area contributed by atoms with Crippen LogP contribution in [0.1, 0.15) is 28.4 Å². The highest BCUT2D eigenvalue weighted by Gasteiger charge is 2.26. The SMILES string of the molecule is NC(=O)c1c(-c2ccc(Oc3ccccc3)cc2)nc2c(C3CCNC3)c[nH]n12. The first-order chi connectivity index (χ1) is 14.2. The molecule has 0 spiro atoms. The quantitative estimate of drug-likeness (QED) is 0.489. The Bertz CT molecular complexity index is 1160. The van der Waals surface area contributed by atoms with Gasteiger partial charge in [0, 0.05) is 29.8 Å². The number of rotatable bonds is 5. The molecule has 1 saturated heterocycles. The summed E-state index contributed by atoms with van der Waals surface area (Å²) >= 11 is 0. The van der Waals surface area contributed by atoms with Crippen LogP contribution in [0.5, 0.6) is 11.5 Å². The van der Waals surface area contributed by atoms with E-state index >= 15 is 0 Å². The highest BCUT2D eigenvalue weighted by molar-refractivity contribution is 5.98. The van der Waals surface area contributed by atoms with Crippen LogP contribution in [0.4, 0.5) is 0 Å². The highest BCUT2D eigenvalue weighted by Crippen LogP contribution is 2.32. The number of para-hydroxylation sites is 1. The van der Waals surface area contributed by atoms with Gasteiger partial charge in [0.2, 0.25) is 0 Å². The summed E-state index contributed by atoms with van der Waals surface area (Å²) in [5, 5.41) is 6.52. The minimum Gasteiger partial charge on any atom is -0.457 e. The van der Waals surface area contributed by atoms with Gasteiger partial charge in [0.1, 0.15) is 17.2 Å². The molecule has 1 amide bonds. The molecule has 0 saturated carbocycles. The maximum absolute atomic E-state index is 12.2. The number of hydrogen-bond donors (Lipinski definition) is 3. The molecule has 5 rings (SSSR count). The molecule has 7 heteroatoms. The third-order valence-electron chi connectivity index (χ3n) is 5.32. The molecule has 2 aromatic heterocycles. The number of aromatic amines is 1. The molecule has 1 aliphatic heterocycles. The average molecular weight is 387 g/mol. The summed E-state index contributed by atoms with van der Waals surface area (Å²) in [5.74, 6) is 1.34. The molecule has 4 N–H and O–H groups in total. The van der Waals surface area contributed by atoms with Crippen LogP contribution in [-0.2, 0) is 0 Å². The van der Waals surface area contributed by atoms with Crippen LogP contribution >= 0.6 is 0 Å². The first kappa shape index (κ1) is 17.5. The largest absolute Gasteiger partial charge is 0.457 e. The van der Waals surface area contributed by atoms with E-state index < -0.39 is 5.91 Å². The minimum atomic E-state index is -0.518. The number of benzene rings is 2. The fraction of sp³-hybridized carbons (Fsp3) is 0.182. The number of fused-ring (bicyclic) bond motifs is 1. The Balaban J connectivity index is 1.52. The van der Waals surface area contributed by atoms with Crippen molar-refractivity contribution in [3.8, 4) is 22.8 Å². The zero-order valence-corrected chi connectivity index (χ0v) is 15.8. The molecule has 0 bridgehead atoms. The smallest absolute Gasteiger partial charge is 0.269 e. The van der Waals surface area contributed by atoms with Gasteiger partial charge in [-0.3, -0.25) is 9.89 Å². The van der Waals surface area contributed by atoms with Gasteiger partial charge in [-0.05, 0) is 49.4 Å². The summed E-state index contributed by atoms with van der Waals surface area (Å²) in [6, 6.07) is 17.1. The second kappa shape index (κ2) is 7.10. The lowest BCUT2D eigenvalue weighted by Crippen LogP contribution is -2.15. The van der Waals surface area contributed by atoms with E-state index in [0.29, 0.717) is 23.1 Å². The molecule has 2 aromatic carbocycles. The zero-order chi connectivity index (χ0) is 19.8. The molecule has 1 fully saturated rings. The lowest BCUT2D eigenvalue weighted by Gasteiger charge is -2.06. The maximum Gasteiger partial charge on any atom is 0.269 e. The molecule has 7 nitrogen and oxygen atoms in total. The van der Waals surface area contributed by atoms with Crippen molar-refractivity contribution < 1.29 is 9.53 Å². The number of carbonyl (C=O) groups is 1. The summed E-state index contributed by atoms with van der Waals surface area (Å²) in [7, 11) is 0. The van der Waals surface area contributed by atoms with E-state index in [1.54, 1.807) is 4.52 Å². The van der Waals surface area contributed by atoms with Gasteiger partial charge < -0.3 is 15.8 Å². The molecule has 146 valence electrons. The standard InChI is InChI=1S/C22H21N5O2/c23-21(28)20-19(26-22-18(13-25-27(20)22)15-10-11-24-12-15)14-6-8-17(9-7-14)29-16-4-2-1-3-5-16/h1-9,13,15,24-25H,10-12H2,(H2,23,28). The molecule has 3 heterocycles. The summed E-state index contributed by atoms with van der Waals surface area (Å²) in [5.41, 5.74) is 9.30. The van der Waals surface area contributed by atoms with Crippen molar-refractivity contribution in [2.24, 2.45) is 5.73 Å². The predicted molar refractivity (Wildman–Crippen MR) is 110 cm³/mol. The fourth-order valence-corrected chi connectivity index (χ4v) is 3.89. The lowest BCUT2D eigenvalue weighted by molar-refractivity contribution is 0.0994. The Morgan fingerprint density at radius 3 is 2.55 bits per heavy atom. The molecular weight excluding hydrogens is 366 g/mol. The number of aromatic nitrogens is 3. The summed E-state index contributed by atoms with van der Waals surface area (Å²) in [6.07, 6.45) is 2.97. The topological polar surface area (TPSA) is 97.4 Å². The van der Waals surface area contributed by atoms with Crippen molar-refractivity contribution in [2.45, 2.75) is 12.3 Å². The van der Waals surface area contributed by atoms with Crippen LogP contribution in [0.25, 0.3) is 16.9 Å². The first-order valence-electron chi connectivity index (χ1n) is 9.64. The molecule has 0 radical (unpaired) electrons. The van der Waals surface area contributed by atoms with Gasteiger partial charge in [-0.15, -0.1) is 0 Å². The number of ether oxygens (including phenoxy) is 1. The van der Waals surface area contributed by atoms with E-state index in [-0.39, 0.29) is 0 Å². The van der Waals surface area contributed by atoms with Crippen LogP contribution in [0.3, 0.4) is 0 Å². The highest BCUT2D eigenvalue weighted by atomic mass is 16.5. The van der Waals surface area contributed by atoms with E-state index in [2.05, 4.69) is 10.4 Å². The van der Waals surface area contributed by atoms with Crippen molar-refractivity contribution >= 4 is 11.6 Å². The van der Waals surface area contributed by atoms with Gasteiger partial charge in [-0.1, -0.05) is 18.2 Å². The molecule has 1 unspecified atom stereocenters. The number of imidazole rings is 1. The number of primary amides is 1. The third kappa shape index (κ3) is 3.15. The number of nitrogens with two attached hydrogens (primary N) is 1. The second-order valence-corrected chi connectivity index (χ2v) is 7.19. The van der Waals surface area contributed by atoms with Crippen molar-refractivity contribution in [3.05, 3.63) is 72.1 Å². The molecular formula is C22H21N5O2. The van der Waals surface area contributed by atoms with Gasteiger partial charge >= 0.3 is 0 Å². The Morgan fingerprint density at radius 1 is 1.10 bits per heavy atom. The van der Waals surface area contributed by atoms with Crippen LogP contribution in [0, 0.1) is 0 Å². The van der Waals surface area contributed by atoms with Crippen LogP contribution in [-0.4, -0.2) is 33.6 Å². The maximum atomic E-state index is 12.2. The van der Waals surface area contributed by atoms with E-state index in [0.717, 1.165) is 42.0 Å². The van der Waals surface area contributed by atoms with Crippen molar-refractivity contribution in [1.82, 2.24) is 19.9 Å². The number of H-pyrrole nitrogens is 1. The average Bonchev–Trinajstić information content (AvgIpc) is 3.45. The van der Waals surface area contributed by atoms with Crippen molar-refractivity contribution in [3.63, 3.8) is 0 Å². The Labute approximate surface area is 167 Å². The molecule has 1 aliphatic rings. The molecule has 29 heavy (non-hydrogen) atoms. The van der Waals surface area contributed by atoms with Crippen molar-refractivity contribution in [2.75, 3.05) is 13.1 Å². The minimum absolute atomic E-state index is 0.355. The Hall–Kier alpha value is -3.58. The number of hydrogen-bond acceptors (Lipinski definition) is 4. The molecule has 4 aromatic rings. The first-order valence-corrected chi connectivity index (χ1v) is 9.64. The Kier molecular flexibility index (Phi) is 4.29. The molecule has 1 atom stereocenters. The Morgan fingerprint density at radius 2 is 1.86 bits per heavy atom. The van der Waals surface area contributed by atoms with E-state index in [1.165, 1.54) is 0 Å². The van der Waals surface area contributed by atoms with Crippen LogP contribution in [0.15, 0.2) is 60.8 Å². The van der Waals surface area contributed by atoms with Crippen LogP contribution < -0.4 is 15.8 Å². The molecule has 0 aliphatic carbocycles. The fourth-order valence-electron chi connectivity index (χ4n) is 3.89.